The van der Waals surface area contributed by atoms with Crippen LogP contribution in [0.15, 0.2) is 60.9 Å². The summed E-state index contributed by atoms with van der Waals surface area (Å²) in [7, 11) is 1.60. The molecule has 0 saturated heterocycles. The maximum atomic E-state index is 13.8. The summed E-state index contributed by atoms with van der Waals surface area (Å²) in [6.07, 6.45) is 3.25. The van der Waals surface area contributed by atoms with Gasteiger partial charge >= 0.3 is 0 Å². The van der Waals surface area contributed by atoms with Crippen molar-refractivity contribution in [3.63, 3.8) is 0 Å². The fourth-order valence-electron chi connectivity index (χ4n) is 2.94. The Balaban J connectivity index is 2.07. The zero-order chi connectivity index (χ0) is 19.4. The van der Waals surface area contributed by atoms with Gasteiger partial charge in [0.2, 0.25) is 0 Å². The van der Waals surface area contributed by atoms with Gasteiger partial charge in [-0.2, -0.15) is 0 Å². The molecular weight excluding hydrogens is 343 g/mol. The molecule has 27 heavy (non-hydrogen) atoms. The Morgan fingerprint density at radius 3 is 2.59 bits per heavy atom. The van der Waals surface area contributed by atoms with Crippen LogP contribution < -0.4 is 9.64 Å². The molecule has 0 aliphatic carbocycles. The first-order valence-corrected chi connectivity index (χ1v) is 8.61. The van der Waals surface area contributed by atoms with Crippen molar-refractivity contribution in [2.24, 2.45) is 0 Å². The van der Waals surface area contributed by atoms with Crippen molar-refractivity contribution in [1.82, 2.24) is 4.98 Å². The standard InChI is InChI=1S/C22H21FN2O2/c1-15-12-18(8-9-20(15)23)25(14-17-6-4-5-7-21(17)27-3)22(26)19-10-11-24-13-16(19)2/h4-13H,14H2,1-3H3. The number of benzene rings is 2. The number of amides is 1. The van der Waals surface area contributed by atoms with Gasteiger partial charge < -0.3 is 9.64 Å². The minimum atomic E-state index is -0.302. The average Bonchev–Trinajstić information content (AvgIpc) is 2.68. The van der Waals surface area contributed by atoms with Crippen LogP contribution in [0.5, 0.6) is 5.75 Å². The van der Waals surface area contributed by atoms with E-state index in [-0.39, 0.29) is 11.7 Å². The third-order valence-electron chi connectivity index (χ3n) is 4.47. The van der Waals surface area contributed by atoms with E-state index in [9.17, 15) is 9.18 Å². The number of carbonyl (C=O) groups excluding carboxylic acids is 1. The summed E-state index contributed by atoms with van der Waals surface area (Å²) in [6, 6.07) is 13.9. The van der Waals surface area contributed by atoms with E-state index in [4.69, 9.17) is 4.74 Å². The Morgan fingerprint density at radius 1 is 1.11 bits per heavy atom. The monoisotopic (exact) mass is 364 g/mol. The minimum Gasteiger partial charge on any atom is -0.496 e. The van der Waals surface area contributed by atoms with Gasteiger partial charge in [0.05, 0.1) is 13.7 Å². The molecule has 0 unspecified atom stereocenters. The van der Waals surface area contributed by atoms with Crippen molar-refractivity contribution in [2.75, 3.05) is 12.0 Å². The molecule has 0 saturated carbocycles. The Hall–Kier alpha value is -3.21. The summed E-state index contributed by atoms with van der Waals surface area (Å²) in [4.78, 5) is 19.0. The van der Waals surface area contributed by atoms with Gasteiger partial charge in [-0.3, -0.25) is 9.78 Å². The van der Waals surface area contributed by atoms with Crippen molar-refractivity contribution in [2.45, 2.75) is 20.4 Å². The number of nitrogens with zero attached hydrogens (tertiary/aromatic N) is 2. The highest BCUT2D eigenvalue weighted by Gasteiger charge is 2.21. The summed E-state index contributed by atoms with van der Waals surface area (Å²) >= 11 is 0. The van der Waals surface area contributed by atoms with Gasteiger partial charge in [-0.15, -0.1) is 0 Å². The lowest BCUT2D eigenvalue weighted by atomic mass is 10.1. The van der Waals surface area contributed by atoms with Crippen molar-refractivity contribution in [3.05, 3.63) is 89.0 Å². The Bertz CT molecular complexity index is 972. The predicted octanol–water partition coefficient (Wildman–Crippen LogP) is 4.69. The fourth-order valence-corrected chi connectivity index (χ4v) is 2.94. The van der Waals surface area contributed by atoms with E-state index in [1.54, 1.807) is 49.5 Å². The second-order valence-electron chi connectivity index (χ2n) is 6.33. The number of hydrogen-bond acceptors (Lipinski definition) is 3. The van der Waals surface area contributed by atoms with E-state index in [1.807, 2.05) is 31.2 Å². The number of pyridine rings is 1. The highest BCUT2D eigenvalue weighted by molar-refractivity contribution is 6.06. The number of anilines is 1. The Morgan fingerprint density at radius 2 is 1.89 bits per heavy atom. The molecule has 1 heterocycles. The first kappa shape index (κ1) is 18.6. The Labute approximate surface area is 158 Å². The van der Waals surface area contributed by atoms with Crippen LogP contribution in [0.2, 0.25) is 0 Å². The molecule has 0 aliphatic heterocycles. The van der Waals surface area contributed by atoms with Crippen LogP contribution in [0, 0.1) is 19.7 Å². The van der Waals surface area contributed by atoms with Gasteiger partial charge in [0.25, 0.3) is 5.91 Å². The van der Waals surface area contributed by atoms with E-state index in [0.29, 0.717) is 29.1 Å². The minimum absolute atomic E-state index is 0.174. The topological polar surface area (TPSA) is 42.4 Å². The number of ether oxygens (including phenoxy) is 1. The van der Waals surface area contributed by atoms with Gasteiger partial charge in [-0.05, 0) is 55.3 Å². The third-order valence-corrected chi connectivity index (χ3v) is 4.47. The molecule has 0 radical (unpaired) electrons. The lowest BCUT2D eigenvalue weighted by Gasteiger charge is -2.25. The van der Waals surface area contributed by atoms with Crippen LogP contribution in [-0.4, -0.2) is 18.0 Å². The van der Waals surface area contributed by atoms with Crippen LogP contribution in [0.25, 0.3) is 0 Å². The zero-order valence-electron chi connectivity index (χ0n) is 15.6. The van der Waals surface area contributed by atoms with E-state index in [0.717, 1.165) is 11.1 Å². The van der Waals surface area contributed by atoms with Crippen molar-refractivity contribution >= 4 is 11.6 Å². The molecule has 4 nitrogen and oxygen atoms in total. The first-order chi connectivity index (χ1) is 13.0. The summed E-state index contributed by atoms with van der Waals surface area (Å²) in [6.45, 7) is 3.83. The smallest absolute Gasteiger partial charge is 0.258 e. The highest BCUT2D eigenvalue weighted by Crippen LogP contribution is 2.27. The quantitative estimate of drug-likeness (QED) is 0.659. The van der Waals surface area contributed by atoms with Crippen molar-refractivity contribution < 1.29 is 13.9 Å². The predicted molar refractivity (Wildman–Crippen MR) is 104 cm³/mol. The number of aromatic nitrogens is 1. The molecule has 0 N–H and O–H groups in total. The molecule has 5 heteroatoms. The number of methoxy groups -OCH3 is 1. The van der Waals surface area contributed by atoms with E-state index in [2.05, 4.69) is 4.98 Å². The molecule has 0 aliphatic rings. The van der Waals surface area contributed by atoms with Gasteiger partial charge in [0.15, 0.2) is 0 Å². The van der Waals surface area contributed by atoms with Gasteiger partial charge in [0, 0.05) is 29.2 Å². The molecule has 3 rings (SSSR count). The number of halogens is 1. The summed E-state index contributed by atoms with van der Waals surface area (Å²) < 4.78 is 19.2. The van der Waals surface area contributed by atoms with Gasteiger partial charge in [0.1, 0.15) is 11.6 Å². The second kappa shape index (κ2) is 7.99. The van der Waals surface area contributed by atoms with Crippen molar-refractivity contribution in [3.8, 4) is 5.75 Å². The summed E-state index contributed by atoms with van der Waals surface area (Å²) in [5, 5.41) is 0. The lowest BCUT2D eigenvalue weighted by Crippen LogP contribution is -2.31. The van der Waals surface area contributed by atoms with Crippen LogP contribution in [0.1, 0.15) is 27.0 Å². The normalized spacial score (nSPS) is 10.5. The van der Waals surface area contributed by atoms with Crippen LogP contribution in [0.3, 0.4) is 0 Å². The molecule has 0 spiro atoms. The molecule has 1 amide bonds. The molecular formula is C22H21FN2O2. The molecule has 0 bridgehead atoms. The molecule has 0 fully saturated rings. The number of para-hydroxylation sites is 1. The van der Waals surface area contributed by atoms with E-state index in [1.165, 1.54) is 6.07 Å². The largest absolute Gasteiger partial charge is 0.496 e. The zero-order valence-corrected chi connectivity index (χ0v) is 15.6. The maximum Gasteiger partial charge on any atom is 0.258 e. The first-order valence-electron chi connectivity index (χ1n) is 8.61. The molecule has 0 atom stereocenters. The van der Waals surface area contributed by atoms with E-state index < -0.39 is 0 Å². The fraction of sp³-hybridized carbons (Fsp3) is 0.182. The SMILES string of the molecule is COc1ccccc1CN(C(=O)c1ccncc1C)c1ccc(F)c(C)c1. The van der Waals surface area contributed by atoms with Crippen LogP contribution >= 0.6 is 0 Å². The van der Waals surface area contributed by atoms with Crippen molar-refractivity contribution in [1.29, 1.82) is 0 Å². The molecule has 138 valence electrons. The summed E-state index contributed by atoms with van der Waals surface area (Å²) in [5.74, 6) is 0.218. The number of hydrogen-bond donors (Lipinski definition) is 0. The van der Waals surface area contributed by atoms with Gasteiger partial charge in [-0.1, -0.05) is 18.2 Å². The van der Waals surface area contributed by atoms with Crippen LogP contribution in [-0.2, 0) is 6.54 Å². The number of carbonyl (C=O) groups is 1. The Kier molecular flexibility index (Phi) is 5.50. The number of aryl methyl sites for hydroxylation is 2. The average molecular weight is 364 g/mol. The molecule has 3 aromatic rings. The highest BCUT2D eigenvalue weighted by atomic mass is 19.1. The lowest BCUT2D eigenvalue weighted by molar-refractivity contribution is 0.0984. The van der Waals surface area contributed by atoms with Gasteiger partial charge in [-0.25, -0.2) is 4.39 Å². The molecule has 2 aromatic carbocycles. The van der Waals surface area contributed by atoms with Crippen LogP contribution in [0.4, 0.5) is 10.1 Å². The van der Waals surface area contributed by atoms with E-state index >= 15 is 0 Å². The molecule has 1 aromatic heterocycles. The third kappa shape index (κ3) is 3.97. The maximum absolute atomic E-state index is 13.8. The second-order valence-corrected chi connectivity index (χ2v) is 6.33. The number of rotatable bonds is 5. The summed E-state index contributed by atoms with van der Waals surface area (Å²) in [5.41, 5.74) is 3.31.